The van der Waals surface area contributed by atoms with Crippen LogP contribution in [0.5, 0.6) is 0 Å². The van der Waals surface area contributed by atoms with E-state index in [2.05, 4.69) is 0 Å². The summed E-state index contributed by atoms with van der Waals surface area (Å²) in [6.07, 6.45) is 0. The molecular formula is C4H6F2O4S. The Morgan fingerprint density at radius 3 is 1.91 bits per heavy atom. The smallest absolute Gasteiger partial charge is 0.337 e. The monoisotopic (exact) mass is 188 g/mol. The molecule has 0 heterocycles. The highest BCUT2D eigenvalue weighted by molar-refractivity contribution is 7.93. The molecule has 0 aromatic rings. The largest absolute Gasteiger partial charge is 0.480 e. The molecule has 0 bridgehead atoms. The van der Waals surface area contributed by atoms with Crippen LogP contribution in [0.1, 0.15) is 6.92 Å². The molecular weight excluding hydrogens is 182 g/mol. The van der Waals surface area contributed by atoms with Crippen molar-refractivity contribution in [3.05, 3.63) is 0 Å². The first-order chi connectivity index (χ1) is 4.80. The predicted octanol–water partition coefficient (Wildman–Crippen LogP) is 0.0969. The number of carboxylic acid groups (broad SMARTS) is 1. The van der Waals surface area contributed by atoms with Gasteiger partial charge >= 0.3 is 11.7 Å². The molecule has 0 aromatic carbocycles. The van der Waals surface area contributed by atoms with E-state index in [1.807, 2.05) is 0 Å². The van der Waals surface area contributed by atoms with Gasteiger partial charge in [-0.2, -0.15) is 8.78 Å². The lowest BCUT2D eigenvalue weighted by Gasteiger charge is -2.05. The maximum Gasteiger partial charge on any atom is 0.337 e. The number of carboxylic acids is 1. The Hall–Kier alpha value is -0.720. The van der Waals surface area contributed by atoms with Crippen LogP contribution >= 0.6 is 0 Å². The van der Waals surface area contributed by atoms with E-state index in [0.717, 1.165) is 0 Å². The number of rotatable bonds is 3. The van der Waals surface area contributed by atoms with E-state index < -0.39 is 26.8 Å². The van der Waals surface area contributed by atoms with Crippen LogP contribution < -0.4 is 0 Å². The Balaban J connectivity index is 4.72. The van der Waals surface area contributed by atoms with Gasteiger partial charge in [0.2, 0.25) is 9.84 Å². The van der Waals surface area contributed by atoms with Crippen molar-refractivity contribution in [1.29, 1.82) is 0 Å². The molecule has 0 amide bonds. The number of hydrogen-bond acceptors (Lipinski definition) is 3. The van der Waals surface area contributed by atoms with Crippen LogP contribution in [0, 0.1) is 0 Å². The van der Waals surface area contributed by atoms with Gasteiger partial charge in [0.25, 0.3) is 0 Å². The molecule has 66 valence electrons. The van der Waals surface area contributed by atoms with E-state index in [1.165, 1.54) is 0 Å². The first-order valence-electron chi connectivity index (χ1n) is 2.53. The van der Waals surface area contributed by atoms with Crippen molar-refractivity contribution in [2.24, 2.45) is 0 Å². The Kier molecular flexibility index (Phi) is 2.92. The molecule has 0 spiro atoms. The molecule has 0 saturated carbocycles. The van der Waals surface area contributed by atoms with Gasteiger partial charge < -0.3 is 5.11 Å². The Morgan fingerprint density at radius 1 is 1.45 bits per heavy atom. The highest BCUT2D eigenvalue weighted by Crippen LogP contribution is 2.11. The average molecular weight is 188 g/mol. The van der Waals surface area contributed by atoms with Crippen molar-refractivity contribution in [3.8, 4) is 0 Å². The molecule has 1 atom stereocenters. The third-order valence-electron chi connectivity index (χ3n) is 1.09. The van der Waals surface area contributed by atoms with Crippen LogP contribution in [0.15, 0.2) is 0 Å². The summed E-state index contributed by atoms with van der Waals surface area (Å²) in [5, 5.41) is 6.00. The van der Waals surface area contributed by atoms with E-state index in [9.17, 15) is 22.0 Å². The second-order valence-corrected chi connectivity index (χ2v) is 4.07. The summed E-state index contributed by atoms with van der Waals surface area (Å²) in [5.74, 6) is -5.40. The highest BCUT2D eigenvalue weighted by Gasteiger charge is 2.35. The minimum atomic E-state index is -4.81. The number of aliphatic carboxylic acids is 1. The van der Waals surface area contributed by atoms with Gasteiger partial charge in [-0.15, -0.1) is 0 Å². The van der Waals surface area contributed by atoms with E-state index in [4.69, 9.17) is 5.11 Å². The third kappa shape index (κ3) is 2.11. The van der Waals surface area contributed by atoms with E-state index in [-0.39, 0.29) is 0 Å². The molecule has 0 aliphatic heterocycles. The number of sulfone groups is 1. The number of halogens is 2. The van der Waals surface area contributed by atoms with Crippen molar-refractivity contribution < 1.29 is 27.1 Å². The van der Waals surface area contributed by atoms with Crippen LogP contribution in [0.3, 0.4) is 0 Å². The summed E-state index contributed by atoms with van der Waals surface area (Å²) in [7, 11) is -4.81. The maximum atomic E-state index is 11.6. The molecule has 4 nitrogen and oxygen atoms in total. The standard InChI is InChI=1S/C4H6F2O4S/c1-2(3(7)8)11(9,10)4(5)6/h2,4H,1H3,(H,7,8). The van der Waals surface area contributed by atoms with Gasteiger partial charge in [0, 0.05) is 0 Å². The van der Waals surface area contributed by atoms with Crippen LogP contribution in [0.2, 0.25) is 0 Å². The van der Waals surface area contributed by atoms with E-state index in [0.29, 0.717) is 6.92 Å². The lowest BCUT2D eigenvalue weighted by atomic mass is 10.5. The number of carbonyl (C=O) groups is 1. The van der Waals surface area contributed by atoms with Crippen LogP contribution in [-0.2, 0) is 14.6 Å². The zero-order valence-electron chi connectivity index (χ0n) is 5.49. The van der Waals surface area contributed by atoms with Crippen molar-refractivity contribution in [3.63, 3.8) is 0 Å². The van der Waals surface area contributed by atoms with E-state index >= 15 is 0 Å². The van der Waals surface area contributed by atoms with Gasteiger partial charge in [0.05, 0.1) is 0 Å². The van der Waals surface area contributed by atoms with Gasteiger partial charge in [-0.25, -0.2) is 8.42 Å². The fraction of sp³-hybridized carbons (Fsp3) is 0.750. The molecule has 0 saturated heterocycles. The molecule has 1 unspecified atom stereocenters. The highest BCUT2D eigenvalue weighted by atomic mass is 32.2. The Bertz CT molecular complexity index is 245. The van der Waals surface area contributed by atoms with Gasteiger partial charge in [-0.3, -0.25) is 4.79 Å². The fourth-order valence-corrected chi connectivity index (χ4v) is 0.884. The van der Waals surface area contributed by atoms with Crippen molar-refractivity contribution >= 4 is 15.8 Å². The Morgan fingerprint density at radius 2 is 1.82 bits per heavy atom. The number of alkyl halides is 2. The molecule has 0 fully saturated rings. The maximum absolute atomic E-state index is 11.6. The lowest BCUT2D eigenvalue weighted by molar-refractivity contribution is -0.136. The predicted molar refractivity (Wildman–Crippen MR) is 32.0 cm³/mol. The lowest BCUT2D eigenvalue weighted by Crippen LogP contribution is -2.31. The van der Waals surface area contributed by atoms with E-state index in [1.54, 1.807) is 0 Å². The normalized spacial score (nSPS) is 14.9. The molecule has 11 heavy (non-hydrogen) atoms. The summed E-state index contributed by atoms with van der Waals surface area (Å²) in [6.45, 7) is 0.698. The summed E-state index contributed by atoms with van der Waals surface area (Å²) in [6, 6.07) is 0. The van der Waals surface area contributed by atoms with Gasteiger partial charge in [-0.1, -0.05) is 0 Å². The minimum absolute atomic E-state index is 0.698. The summed E-state index contributed by atoms with van der Waals surface area (Å²) in [5.41, 5.74) is 0. The van der Waals surface area contributed by atoms with Gasteiger partial charge in [0.15, 0.2) is 5.25 Å². The molecule has 7 heteroatoms. The third-order valence-corrected chi connectivity index (χ3v) is 2.77. The second kappa shape index (κ2) is 3.12. The number of hydrogen-bond donors (Lipinski definition) is 1. The zero-order valence-corrected chi connectivity index (χ0v) is 6.31. The van der Waals surface area contributed by atoms with Gasteiger partial charge in [-0.05, 0) is 6.92 Å². The molecule has 0 aromatic heterocycles. The quantitative estimate of drug-likeness (QED) is 0.681. The second-order valence-electron chi connectivity index (χ2n) is 1.83. The topological polar surface area (TPSA) is 71.4 Å². The van der Waals surface area contributed by atoms with Crippen molar-refractivity contribution in [2.45, 2.75) is 17.9 Å². The molecule has 1 N–H and O–H groups in total. The molecule has 0 rings (SSSR count). The summed E-state index contributed by atoms with van der Waals surface area (Å²) >= 11 is 0. The van der Waals surface area contributed by atoms with Crippen LogP contribution in [0.25, 0.3) is 0 Å². The zero-order chi connectivity index (χ0) is 9.23. The molecule has 0 aliphatic rings. The molecule has 0 aliphatic carbocycles. The first-order valence-corrected chi connectivity index (χ1v) is 4.14. The van der Waals surface area contributed by atoms with Crippen LogP contribution in [0.4, 0.5) is 8.78 Å². The molecule has 0 radical (unpaired) electrons. The van der Waals surface area contributed by atoms with Crippen molar-refractivity contribution in [2.75, 3.05) is 0 Å². The Labute approximate surface area is 61.7 Å². The average Bonchev–Trinajstić information content (AvgIpc) is 1.85. The minimum Gasteiger partial charge on any atom is -0.480 e. The van der Waals surface area contributed by atoms with Crippen molar-refractivity contribution in [1.82, 2.24) is 0 Å². The van der Waals surface area contributed by atoms with Crippen LogP contribution in [-0.4, -0.2) is 30.5 Å². The SMILES string of the molecule is CC(C(=O)O)S(=O)(=O)C(F)F. The van der Waals surface area contributed by atoms with Gasteiger partial charge in [0.1, 0.15) is 0 Å². The summed E-state index contributed by atoms with van der Waals surface area (Å²) < 4.78 is 43.8. The summed E-state index contributed by atoms with van der Waals surface area (Å²) in [4.78, 5) is 9.94. The first kappa shape index (κ1) is 10.3. The fourth-order valence-electron chi connectivity index (χ4n) is 0.295.